The second-order valence-electron chi connectivity index (χ2n) is 6.64. The summed E-state index contributed by atoms with van der Waals surface area (Å²) in [5.74, 6) is 2.32. The van der Waals surface area contributed by atoms with Gasteiger partial charge in [0, 0.05) is 6.04 Å². The molecule has 1 atom stereocenters. The van der Waals surface area contributed by atoms with Gasteiger partial charge in [-0.3, -0.25) is 0 Å². The Morgan fingerprint density at radius 2 is 1.85 bits per heavy atom. The average Bonchev–Trinajstić information content (AvgIpc) is 2.90. The summed E-state index contributed by atoms with van der Waals surface area (Å²) in [4.78, 5) is 0. The number of hydrogen-bond donors (Lipinski definition) is 2. The topological polar surface area (TPSA) is 32.3 Å². The Kier molecular flexibility index (Phi) is 4.30. The van der Waals surface area contributed by atoms with E-state index in [-0.39, 0.29) is 0 Å². The van der Waals surface area contributed by atoms with Crippen molar-refractivity contribution in [2.45, 2.75) is 57.9 Å². The molecule has 0 heterocycles. The number of aromatic hydroxyl groups is 1. The quantitative estimate of drug-likeness (QED) is 0.862. The molecule has 1 saturated carbocycles. The van der Waals surface area contributed by atoms with Gasteiger partial charge in [-0.15, -0.1) is 0 Å². The highest BCUT2D eigenvalue weighted by Gasteiger charge is 2.26. The molecule has 1 aromatic rings. The zero-order valence-electron chi connectivity index (χ0n) is 12.6. The van der Waals surface area contributed by atoms with Crippen LogP contribution in [0.25, 0.3) is 0 Å². The first-order valence-electron chi connectivity index (χ1n) is 8.32. The standard InChI is InChI=1S/C18H27NO/c1-2-13-6-8-14(9-7-13)12-19-17-11-10-16-15(17)4-3-5-18(16)20/h3-5,13-14,17,19-20H,2,6-12H2,1H3. The van der Waals surface area contributed by atoms with Crippen LogP contribution in [0.4, 0.5) is 0 Å². The minimum atomic E-state index is 0.459. The largest absolute Gasteiger partial charge is 0.508 e. The van der Waals surface area contributed by atoms with E-state index in [0.29, 0.717) is 11.8 Å². The van der Waals surface area contributed by atoms with Gasteiger partial charge in [0.25, 0.3) is 0 Å². The van der Waals surface area contributed by atoms with E-state index in [1.807, 2.05) is 12.1 Å². The summed E-state index contributed by atoms with van der Waals surface area (Å²) in [6.07, 6.45) is 9.14. The van der Waals surface area contributed by atoms with Crippen LogP contribution in [0.1, 0.15) is 62.6 Å². The van der Waals surface area contributed by atoms with Gasteiger partial charge < -0.3 is 10.4 Å². The number of fused-ring (bicyclic) bond motifs is 1. The Labute approximate surface area is 122 Å². The Hall–Kier alpha value is -1.02. The van der Waals surface area contributed by atoms with Crippen LogP contribution in [0.3, 0.4) is 0 Å². The lowest BCUT2D eigenvalue weighted by molar-refractivity contribution is 0.256. The summed E-state index contributed by atoms with van der Waals surface area (Å²) in [5, 5.41) is 13.7. The second-order valence-corrected chi connectivity index (χ2v) is 6.64. The molecule has 0 amide bonds. The number of rotatable bonds is 4. The lowest BCUT2D eigenvalue weighted by atomic mass is 9.81. The van der Waals surface area contributed by atoms with Gasteiger partial charge in [0.15, 0.2) is 0 Å². The lowest BCUT2D eigenvalue weighted by Crippen LogP contribution is -2.28. The number of hydrogen-bond acceptors (Lipinski definition) is 2. The maximum absolute atomic E-state index is 9.89. The van der Waals surface area contributed by atoms with Crippen molar-refractivity contribution in [3.8, 4) is 5.75 Å². The summed E-state index contributed by atoms with van der Waals surface area (Å²) in [6, 6.07) is 6.42. The third-order valence-corrected chi connectivity index (χ3v) is 5.44. The predicted octanol–water partition coefficient (Wildman–Crippen LogP) is 4.19. The van der Waals surface area contributed by atoms with E-state index in [4.69, 9.17) is 0 Å². The fourth-order valence-electron chi connectivity index (χ4n) is 4.00. The Morgan fingerprint density at radius 1 is 1.10 bits per heavy atom. The molecule has 1 fully saturated rings. The van der Waals surface area contributed by atoms with Crippen molar-refractivity contribution in [3.63, 3.8) is 0 Å². The van der Waals surface area contributed by atoms with Crippen molar-refractivity contribution >= 4 is 0 Å². The number of phenolic OH excluding ortho intramolecular Hbond substituents is 1. The van der Waals surface area contributed by atoms with Gasteiger partial charge in [0.1, 0.15) is 5.75 Å². The van der Waals surface area contributed by atoms with E-state index in [9.17, 15) is 5.11 Å². The van der Waals surface area contributed by atoms with E-state index in [0.717, 1.165) is 31.2 Å². The number of benzene rings is 1. The van der Waals surface area contributed by atoms with Crippen LogP contribution in [0.5, 0.6) is 5.75 Å². The fourth-order valence-corrected chi connectivity index (χ4v) is 4.00. The SMILES string of the molecule is CCC1CCC(CNC2CCc3c(O)cccc32)CC1. The summed E-state index contributed by atoms with van der Waals surface area (Å²) >= 11 is 0. The third-order valence-electron chi connectivity index (χ3n) is 5.44. The molecule has 1 unspecified atom stereocenters. The van der Waals surface area contributed by atoms with Gasteiger partial charge in [-0.2, -0.15) is 0 Å². The van der Waals surface area contributed by atoms with Crippen LogP contribution in [-0.4, -0.2) is 11.7 Å². The molecule has 0 aliphatic heterocycles. The van der Waals surface area contributed by atoms with Crippen molar-refractivity contribution < 1.29 is 5.11 Å². The summed E-state index contributed by atoms with van der Waals surface area (Å²) < 4.78 is 0. The van der Waals surface area contributed by atoms with Crippen LogP contribution < -0.4 is 5.32 Å². The predicted molar refractivity (Wildman–Crippen MR) is 82.9 cm³/mol. The second kappa shape index (κ2) is 6.17. The minimum absolute atomic E-state index is 0.459. The van der Waals surface area contributed by atoms with Crippen LogP contribution in [0, 0.1) is 11.8 Å². The Balaban J connectivity index is 1.53. The van der Waals surface area contributed by atoms with E-state index in [1.54, 1.807) is 0 Å². The van der Waals surface area contributed by atoms with Crippen molar-refractivity contribution in [1.29, 1.82) is 0 Å². The number of nitrogens with one attached hydrogen (secondary N) is 1. The molecule has 0 spiro atoms. The van der Waals surface area contributed by atoms with Crippen LogP contribution in [0.2, 0.25) is 0 Å². The third kappa shape index (κ3) is 2.85. The molecule has 0 saturated heterocycles. The normalized spacial score (nSPS) is 29.4. The van der Waals surface area contributed by atoms with Crippen molar-refractivity contribution in [1.82, 2.24) is 5.32 Å². The Bertz CT molecular complexity index is 449. The molecule has 0 aromatic heterocycles. The molecule has 20 heavy (non-hydrogen) atoms. The van der Waals surface area contributed by atoms with Crippen LogP contribution in [-0.2, 0) is 6.42 Å². The minimum Gasteiger partial charge on any atom is -0.508 e. The first-order valence-corrected chi connectivity index (χ1v) is 8.32. The lowest BCUT2D eigenvalue weighted by Gasteiger charge is -2.29. The molecular formula is C18H27NO. The molecule has 2 aliphatic rings. The van der Waals surface area contributed by atoms with Gasteiger partial charge in [-0.1, -0.05) is 38.3 Å². The van der Waals surface area contributed by atoms with Gasteiger partial charge in [-0.05, 0) is 61.3 Å². The van der Waals surface area contributed by atoms with Gasteiger partial charge in [0.05, 0.1) is 0 Å². The van der Waals surface area contributed by atoms with Crippen molar-refractivity contribution in [2.24, 2.45) is 11.8 Å². The Morgan fingerprint density at radius 3 is 2.60 bits per heavy atom. The molecule has 0 bridgehead atoms. The maximum Gasteiger partial charge on any atom is 0.119 e. The highest BCUT2D eigenvalue weighted by atomic mass is 16.3. The van der Waals surface area contributed by atoms with Gasteiger partial charge in [-0.25, -0.2) is 0 Å². The smallest absolute Gasteiger partial charge is 0.119 e. The average molecular weight is 273 g/mol. The molecule has 2 heteroatoms. The fraction of sp³-hybridized carbons (Fsp3) is 0.667. The maximum atomic E-state index is 9.89. The van der Waals surface area contributed by atoms with Crippen LogP contribution in [0.15, 0.2) is 18.2 Å². The van der Waals surface area contributed by atoms with Gasteiger partial charge in [0.2, 0.25) is 0 Å². The van der Waals surface area contributed by atoms with Crippen molar-refractivity contribution in [2.75, 3.05) is 6.54 Å². The molecule has 2 aliphatic carbocycles. The highest BCUT2D eigenvalue weighted by molar-refractivity contribution is 5.44. The summed E-state index contributed by atoms with van der Waals surface area (Å²) in [5.41, 5.74) is 2.49. The zero-order valence-corrected chi connectivity index (χ0v) is 12.6. The number of phenols is 1. The molecular weight excluding hydrogens is 246 g/mol. The molecule has 2 N–H and O–H groups in total. The van der Waals surface area contributed by atoms with E-state index < -0.39 is 0 Å². The molecule has 110 valence electrons. The van der Waals surface area contributed by atoms with Crippen molar-refractivity contribution in [3.05, 3.63) is 29.3 Å². The summed E-state index contributed by atoms with van der Waals surface area (Å²) in [7, 11) is 0. The first-order chi connectivity index (χ1) is 9.78. The van der Waals surface area contributed by atoms with E-state index in [2.05, 4.69) is 18.3 Å². The van der Waals surface area contributed by atoms with E-state index >= 15 is 0 Å². The molecule has 2 nitrogen and oxygen atoms in total. The zero-order chi connectivity index (χ0) is 13.9. The molecule has 1 aromatic carbocycles. The first kappa shape index (κ1) is 13.9. The molecule has 3 rings (SSSR count). The highest BCUT2D eigenvalue weighted by Crippen LogP contribution is 2.37. The van der Waals surface area contributed by atoms with Gasteiger partial charge >= 0.3 is 0 Å². The summed E-state index contributed by atoms with van der Waals surface area (Å²) in [6.45, 7) is 3.47. The van der Waals surface area contributed by atoms with Crippen LogP contribution >= 0.6 is 0 Å². The van der Waals surface area contributed by atoms with E-state index in [1.165, 1.54) is 43.2 Å². The monoisotopic (exact) mass is 273 g/mol. The molecule has 0 radical (unpaired) electrons.